The second-order valence-corrected chi connectivity index (χ2v) is 7.96. The molecule has 1 unspecified atom stereocenters. The highest BCUT2D eigenvalue weighted by molar-refractivity contribution is 8.09. The van der Waals surface area contributed by atoms with Crippen molar-refractivity contribution in [1.82, 2.24) is 5.09 Å². The van der Waals surface area contributed by atoms with E-state index >= 15 is 0 Å². The number of hydrogen-bond acceptors (Lipinski definition) is 5. The molecule has 0 fully saturated rings. The summed E-state index contributed by atoms with van der Waals surface area (Å²) in [7, 11) is 1.59. The van der Waals surface area contributed by atoms with E-state index in [2.05, 4.69) is 11.7 Å². The van der Waals surface area contributed by atoms with Crippen LogP contribution in [0.5, 0.6) is 5.75 Å². The summed E-state index contributed by atoms with van der Waals surface area (Å²) >= 11 is 5.52. The topological polar surface area (TPSA) is 56.8 Å². The summed E-state index contributed by atoms with van der Waals surface area (Å²) in [6.07, 6.45) is 0. The fraction of sp³-hybridized carbons (Fsp3) is 0.438. The monoisotopic (exact) mass is 357 g/mol. The number of ether oxygens (including phenoxy) is 1. The van der Waals surface area contributed by atoms with E-state index in [1.807, 2.05) is 38.1 Å². The molecule has 1 N–H and O–H groups in total. The van der Waals surface area contributed by atoms with Crippen molar-refractivity contribution >= 4 is 24.2 Å². The Hall–Kier alpha value is -1.04. The maximum absolute atomic E-state index is 11.8. The van der Waals surface area contributed by atoms with Crippen LogP contribution in [0, 0.1) is 0 Å². The number of hydrogen-bond donors (Lipinski definition) is 1. The van der Waals surface area contributed by atoms with Crippen molar-refractivity contribution < 1.29 is 18.6 Å². The molecule has 0 saturated carbocycles. The van der Waals surface area contributed by atoms with E-state index in [0.29, 0.717) is 24.5 Å². The minimum atomic E-state index is -2.73. The number of Topliss-reactive ketones (excluding diaryl/α,β-unsaturated/α-hetero) is 1. The number of nitrogens with one attached hydrogen (secondary N) is 1. The van der Waals surface area contributed by atoms with E-state index < -0.39 is 12.7 Å². The van der Waals surface area contributed by atoms with Gasteiger partial charge in [0.15, 0.2) is 5.78 Å². The lowest BCUT2D eigenvalue weighted by atomic mass is 9.98. The first kappa shape index (κ1) is 20.0. The molecule has 0 bridgehead atoms. The van der Waals surface area contributed by atoms with Gasteiger partial charge in [0.25, 0.3) is 6.64 Å². The largest absolute Gasteiger partial charge is 0.497 e. The SMILES string of the molecule is C=C(C(C)=O)C(NP(=S)(OCC)OCC)c1cccc(OC)c1. The summed E-state index contributed by atoms with van der Waals surface area (Å²) in [5, 5.41) is 3.19. The van der Waals surface area contributed by atoms with Crippen molar-refractivity contribution in [2.45, 2.75) is 26.8 Å². The molecule has 128 valence electrons. The maximum Gasteiger partial charge on any atom is 0.262 e. The summed E-state index contributed by atoms with van der Waals surface area (Å²) in [5.74, 6) is 0.562. The molecule has 1 rings (SSSR count). The van der Waals surface area contributed by atoms with Gasteiger partial charge in [-0.15, -0.1) is 0 Å². The van der Waals surface area contributed by atoms with Gasteiger partial charge in [-0.2, -0.15) is 0 Å². The fourth-order valence-electron chi connectivity index (χ4n) is 1.99. The van der Waals surface area contributed by atoms with Crippen LogP contribution in [0.15, 0.2) is 36.4 Å². The van der Waals surface area contributed by atoms with Crippen LogP contribution >= 0.6 is 6.64 Å². The molecular weight excluding hydrogens is 333 g/mol. The molecule has 1 aromatic rings. The smallest absolute Gasteiger partial charge is 0.262 e. The second-order valence-electron chi connectivity index (χ2n) is 4.75. The van der Waals surface area contributed by atoms with Crippen LogP contribution < -0.4 is 9.82 Å². The van der Waals surface area contributed by atoms with Crippen LogP contribution in [0.1, 0.15) is 32.4 Å². The molecule has 23 heavy (non-hydrogen) atoms. The van der Waals surface area contributed by atoms with E-state index in [1.54, 1.807) is 7.11 Å². The van der Waals surface area contributed by atoms with Gasteiger partial charge >= 0.3 is 0 Å². The maximum atomic E-state index is 11.8. The van der Waals surface area contributed by atoms with Crippen molar-refractivity contribution in [2.24, 2.45) is 0 Å². The van der Waals surface area contributed by atoms with Gasteiger partial charge in [-0.3, -0.25) is 4.79 Å². The minimum absolute atomic E-state index is 0.125. The quantitative estimate of drug-likeness (QED) is 0.508. The van der Waals surface area contributed by atoms with Crippen LogP contribution in [0.2, 0.25) is 0 Å². The summed E-state index contributed by atoms with van der Waals surface area (Å²) in [6, 6.07) is 6.90. The first-order valence-corrected chi connectivity index (χ1v) is 10.0. The summed E-state index contributed by atoms with van der Waals surface area (Å²) in [5.41, 5.74) is 1.21. The van der Waals surface area contributed by atoms with E-state index in [-0.39, 0.29) is 5.78 Å². The number of carbonyl (C=O) groups excluding carboxylic acids is 1. The Labute approximate surface area is 143 Å². The van der Waals surface area contributed by atoms with E-state index in [1.165, 1.54) is 6.92 Å². The highest BCUT2D eigenvalue weighted by Crippen LogP contribution is 2.47. The second kappa shape index (κ2) is 9.30. The number of ketones is 1. The molecule has 0 heterocycles. The average molecular weight is 357 g/mol. The molecule has 0 aliphatic carbocycles. The van der Waals surface area contributed by atoms with Crippen molar-refractivity contribution in [1.29, 1.82) is 0 Å². The molecule has 1 atom stereocenters. The Morgan fingerprint density at radius 2 is 1.96 bits per heavy atom. The lowest BCUT2D eigenvalue weighted by Crippen LogP contribution is -2.25. The summed E-state index contributed by atoms with van der Waals surface area (Å²) in [4.78, 5) is 11.8. The predicted octanol–water partition coefficient (Wildman–Crippen LogP) is 3.77. The molecular formula is C16H24NO4PS. The van der Waals surface area contributed by atoms with Crippen molar-refractivity contribution in [2.75, 3.05) is 20.3 Å². The van der Waals surface area contributed by atoms with Gasteiger partial charge in [0.1, 0.15) is 5.75 Å². The zero-order valence-electron chi connectivity index (χ0n) is 14.0. The molecule has 0 aliphatic rings. The molecule has 0 amide bonds. The Morgan fingerprint density at radius 1 is 1.35 bits per heavy atom. The summed E-state index contributed by atoms with van der Waals surface area (Å²) < 4.78 is 16.5. The zero-order valence-corrected chi connectivity index (χ0v) is 15.7. The third-order valence-electron chi connectivity index (χ3n) is 3.11. The third-order valence-corrected chi connectivity index (χ3v) is 5.83. The van der Waals surface area contributed by atoms with Gasteiger partial charge in [-0.25, -0.2) is 5.09 Å². The van der Waals surface area contributed by atoms with Crippen LogP contribution in [-0.2, 0) is 25.6 Å². The van der Waals surface area contributed by atoms with Crippen LogP contribution in [0.3, 0.4) is 0 Å². The van der Waals surface area contributed by atoms with Gasteiger partial charge < -0.3 is 13.8 Å². The van der Waals surface area contributed by atoms with Crippen molar-refractivity contribution in [3.05, 3.63) is 42.0 Å². The highest BCUT2D eigenvalue weighted by atomic mass is 32.5. The summed E-state index contributed by atoms with van der Waals surface area (Å²) in [6.45, 7) is 7.18. The Balaban J connectivity index is 3.21. The van der Waals surface area contributed by atoms with Crippen molar-refractivity contribution in [3.63, 3.8) is 0 Å². The number of rotatable bonds is 10. The normalized spacial score (nSPS) is 12.7. The van der Waals surface area contributed by atoms with E-state index in [9.17, 15) is 4.79 Å². The van der Waals surface area contributed by atoms with Crippen molar-refractivity contribution in [3.8, 4) is 5.75 Å². The Morgan fingerprint density at radius 3 is 2.43 bits per heavy atom. The lowest BCUT2D eigenvalue weighted by Gasteiger charge is -2.28. The Kier molecular flexibility index (Phi) is 8.09. The molecule has 1 aromatic carbocycles. The third kappa shape index (κ3) is 5.83. The number of carbonyl (C=O) groups is 1. The van der Waals surface area contributed by atoms with Gasteiger partial charge in [-0.05, 0) is 50.3 Å². The molecule has 0 radical (unpaired) electrons. The van der Waals surface area contributed by atoms with Gasteiger partial charge in [0, 0.05) is 5.57 Å². The van der Waals surface area contributed by atoms with Crippen LogP contribution in [-0.4, -0.2) is 26.1 Å². The average Bonchev–Trinajstić information content (AvgIpc) is 2.52. The minimum Gasteiger partial charge on any atom is -0.497 e. The van der Waals surface area contributed by atoms with E-state index in [0.717, 1.165) is 5.56 Å². The number of methoxy groups -OCH3 is 1. The molecule has 0 saturated heterocycles. The van der Waals surface area contributed by atoms with Crippen LogP contribution in [0.4, 0.5) is 0 Å². The van der Waals surface area contributed by atoms with Crippen LogP contribution in [0.25, 0.3) is 0 Å². The Bertz CT molecular complexity index is 595. The van der Waals surface area contributed by atoms with Gasteiger partial charge in [-0.1, -0.05) is 18.7 Å². The first-order valence-electron chi connectivity index (χ1n) is 7.37. The predicted molar refractivity (Wildman–Crippen MR) is 96.2 cm³/mol. The standard InChI is InChI=1S/C16H24NO4PS/c1-6-20-22(23,21-7-2)17-16(12(3)13(4)18)14-9-8-10-15(11-14)19-5/h8-11,16H,3,6-7H2,1-2,4-5H3,(H,17,23). The van der Waals surface area contributed by atoms with Gasteiger partial charge in [0.05, 0.1) is 26.4 Å². The number of benzene rings is 1. The molecule has 5 nitrogen and oxygen atoms in total. The fourth-order valence-corrected chi connectivity index (χ4v) is 4.46. The zero-order chi connectivity index (χ0) is 17.5. The molecule has 0 aliphatic heterocycles. The van der Waals surface area contributed by atoms with E-state index in [4.69, 9.17) is 25.6 Å². The van der Waals surface area contributed by atoms with Gasteiger partial charge in [0.2, 0.25) is 0 Å². The highest BCUT2D eigenvalue weighted by Gasteiger charge is 2.27. The lowest BCUT2D eigenvalue weighted by molar-refractivity contribution is -0.113. The molecule has 0 aromatic heterocycles. The first-order chi connectivity index (χ1) is 10.9. The molecule has 7 heteroatoms. The molecule has 0 spiro atoms.